The minimum Gasteiger partial charge on any atom is -0.378 e. The minimum atomic E-state index is 0.415. The van der Waals surface area contributed by atoms with Gasteiger partial charge in [0.1, 0.15) is 0 Å². The van der Waals surface area contributed by atoms with Crippen LogP contribution in [0.1, 0.15) is 49.4 Å². The van der Waals surface area contributed by atoms with Gasteiger partial charge in [-0.3, -0.25) is 0 Å². The molecule has 106 valence electrons. The van der Waals surface area contributed by atoms with Gasteiger partial charge in [-0.15, -0.1) is 0 Å². The zero-order valence-corrected chi connectivity index (χ0v) is 12.7. The maximum atomic E-state index is 5.75. The Bertz CT molecular complexity index is 416. The van der Waals surface area contributed by atoms with Crippen molar-refractivity contribution in [2.24, 2.45) is 5.92 Å². The van der Waals surface area contributed by atoms with Gasteiger partial charge in [-0.25, -0.2) is 0 Å². The molecule has 1 heterocycles. The van der Waals surface area contributed by atoms with Crippen LogP contribution in [0.25, 0.3) is 0 Å². The van der Waals surface area contributed by atoms with Gasteiger partial charge in [-0.05, 0) is 50.7 Å². The largest absolute Gasteiger partial charge is 0.378 e. The highest BCUT2D eigenvalue weighted by atomic mass is 16.5. The van der Waals surface area contributed by atoms with Crippen molar-refractivity contribution < 1.29 is 4.74 Å². The topological polar surface area (TPSA) is 21.3 Å². The summed E-state index contributed by atoms with van der Waals surface area (Å²) < 4.78 is 5.75. The molecule has 2 rings (SSSR count). The first kappa shape index (κ1) is 14.5. The summed E-state index contributed by atoms with van der Waals surface area (Å²) >= 11 is 0. The van der Waals surface area contributed by atoms with Crippen LogP contribution in [0.4, 0.5) is 0 Å². The van der Waals surface area contributed by atoms with Crippen molar-refractivity contribution in [1.29, 1.82) is 0 Å². The van der Waals surface area contributed by atoms with Gasteiger partial charge in [0.15, 0.2) is 0 Å². The van der Waals surface area contributed by atoms with Crippen LogP contribution in [0.5, 0.6) is 0 Å². The van der Waals surface area contributed by atoms with E-state index < -0.39 is 0 Å². The number of hydrogen-bond acceptors (Lipinski definition) is 2. The standard InChI is InChI=1S/C17H27NO/c1-5-17-15(8-9-19-17)11-18-14(4)16-7-6-12(2)10-13(16)3/h6-7,10,14-15,17-18H,5,8-9,11H2,1-4H3. The van der Waals surface area contributed by atoms with Gasteiger partial charge in [-0.1, -0.05) is 30.7 Å². The van der Waals surface area contributed by atoms with E-state index >= 15 is 0 Å². The third-order valence-electron chi connectivity index (χ3n) is 4.33. The Morgan fingerprint density at radius 3 is 2.84 bits per heavy atom. The van der Waals surface area contributed by atoms with Crippen LogP contribution in [0.15, 0.2) is 18.2 Å². The molecule has 0 aromatic heterocycles. The van der Waals surface area contributed by atoms with Crippen LogP contribution in [0, 0.1) is 19.8 Å². The molecular formula is C17H27NO. The van der Waals surface area contributed by atoms with Crippen LogP contribution in [0.3, 0.4) is 0 Å². The first-order valence-corrected chi connectivity index (χ1v) is 7.54. The smallest absolute Gasteiger partial charge is 0.0613 e. The van der Waals surface area contributed by atoms with E-state index in [4.69, 9.17) is 4.74 Å². The Morgan fingerprint density at radius 2 is 2.16 bits per heavy atom. The van der Waals surface area contributed by atoms with Crippen molar-refractivity contribution in [1.82, 2.24) is 5.32 Å². The SMILES string of the molecule is CCC1OCCC1CNC(C)c1ccc(C)cc1C. The first-order chi connectivity index (χ1) is 9.11. The molecule has 1 aliphatic heterocycles. The van der Waals surface area contributed by atoms with Gasteiger partial charge in [0.05, 0.1) is 6.10 Å². The molecule has 0 saturated carbocycles. The quantitative estimate of drug-likeness (QED) is 0.871. The van der Waals surface area contributed by atoms with Crippen LogP contribution >= 0.6 is 0 Å². The molecule has 2 nitrogen and oxygen atoms in total. The maximum Gasteiger partial charge on any atom is 0.0613 e. The van der Waals surface area contributed by atoms with E-state index in [0.29, 0.717) is 18.1 Å². The molecular weight excluding hydrogens is 234 g/mol. The van der Waals surface area contributed by atoms with Crippen LogP contribution in [-0.2, 0) is 4.74 Å². The molecule has 0 amide bonds. The van der Waals surface area contributed by atoms with Gasteiger partial charge < -0.3 is 10.1 Å². The molecule has 1 fully saturated rings. The lowest BCUT2D eigenvalue weighted by atomic mass is 9.97. The lowest BCUT2D eigenvalue weighted by molar-refractivity contribution is 0.0867. The van der Waals surface area contributed by atoms with E-state index in [1.54, 1.807) is 0 Å². The maximum absolute atomic E-state index is 5.75. The molecule has 0 bridgehead atoms. The molecule has 1 N–H and O–H groups in total. The van der Waals surface area contributed by atoms with E-state index in [0.717, 1.165) is 19.6 Å². The Hall–Kier alpha value is -0.860. The van der Waals surface area contributed by atoms with Crippen LogP contribution < -0.4 is 5.32 Å². The third kappa shape index (κ3) is 3.58. The lowest BCUT2D eigenvalue weighted by Crippen LogP contribution is -2.30. The fourth-order valence-electron chi connectivity index (χ4n) is 3.13. The van der Waals surface area contributed by atoms with Crippen LogP contribution in [-0.4, -0.2) is 19.3 Å². The van der Waals surface area contributed by atoms with Crippen molar-refractivity contribution in [3.63, 3.8) is 0 Å². The second-order valence-electron chi connectivity index (χ2n) is 5.86. The molecule has 0 spiro atoms. The highest BCUT2D eigenvalue weighted by Crippen LogP contribution is 2.24. The number of rotatable bonds is 5. The second-order valence-corrected chi connectivity index (χ2v) is 5.86. The molecule has 0 radical (unpaired) electrons. The fourth-order valence-corrected chi connectivity index (χ4v) is 3.13. The minimum absolute atomic E-state index is 0.415. The van der Waals surface area contributed by atoms with Gasteiger partial charge in [-0.2, -0.15) is 0 Å². The molecule has 1 aliphatic rings. The highest BCUT2D eigenvalue weighted by Gasteiger charge is 2.26. The molecule has 1 saturated heterocycles. The zero-order chi connectivity index (χ0) is 13.8. The predicted octanol–water partition coefficient (Wildman–Crippen LogP) is 3.77. The van der Waals surface area contributed by atoms with Crippen molar-refractivity contribution in [2.75, 3.05) is 13.2 Å². The average molecular weight is 261 g/mol. The number of aryl methyl sites for hydroxylation is 2. The third-order valence-corrected chi connectivity index (χ3v) is 4.33. The van der Waals surface area contributed by atoms with E-state index in [1.807, 2.05) is 0 Å². The number of benzene rings is 1. The summed E-state index contributed by atoms with van der Waals surface area (Å²) in [6, 6.07) is 7.14. The molecule has 0 aliphatic carbocycles. The average Bonchev–Trinajstić information content (AvgIpc) is 2.83. The Labute approximate surface area is 117 Å². The summed E-state index contributed by atoms with van der Waals surface area (Å²) in [5.41, 5.74) is 4.14. The fraction of sp³-hybridized carbons (Fsp3) is 0.647. The molecule has 3 unspecified atom stereocenters. The predicted molar refractivity (Wildman–Crippen MR) is 80.5 cm³/mol. The van der Waals surface area contributed by atoms with Crippen molar-refractivity contribution in [2.45, 2.75) is 52.7 Å². The van der Waals surface area contributed by atoms with E-state index in [9.17, 15) is 0 Å². The molecule has 1 aromatic carbocycles. The van der Waals surface area contributed by atoms with Gasteiger partial charge >= 0.3 is 0 Å². The molecule has 3 atom stereocenters. The Morgan fingerprint density at radius 1 is 1.37 bits per heavy atom. The monoisotopic (exact) mass is 261 g/mol. The summed E-state index contributed by atoms with van der Waals surface area (Å²) in [4.78, 5) is 0. The Kier molecular flexibility index (Phi) is 5.00. The number of nitrogens with one attached hydrogen (secondary N) is 1. The Balaban J connectivity index is 1.92. The molecule has 1 aromatic rings. The highest BCUT2D eigenvalue weighted by molar-refractivity contribution is 5.32. The summed E-state index contributed by atoms with van der Waals surface area (Å²) in [6.07, 6.45) is 2.79. The van der Waals surface area contributed by atoms with E-state index in [2.05, 4.69) is 51.2 Å². The van der Waals surface area contributed by atoms with Crippen LogP contribution in [0.2, 0.25) is 0 Å². The van der Waals surface area contributed by atoms with Crippen molar-refractivity contribution >= 4 is 0 Å². The summed E-state index contributed by atoms with van der Waals surface area (Å²) in [5.74, 6) is 0.679. The molecule has 2 heteroatoms. The first-order valence-electron chi connectivity index (χ1n) is 7.54. The van der Waals surface area contributed by atoms with Gasteiger partial charge in [0.2, 0.25) is 0 Å². The van der Waals surface area contributed by atoms with Crippen molar-refractivity contribution in [3.05, 3.63) is 34.9 Å². The number of hydrogen-bond donors (Lipinski definition) is 1. The summed E-state index contributed by atoms with van der Waals surface area (Å²) in [5, 5.41) is 3.69. The zero-order valence-electron chi connectivity index (χ0n) is 12.7. The number of ether oxygens (including phenoxy) is 1. The summed E-state index contributed by atoms with van der Waals surface area (Å²) in [6.45, 7) is 10.8. The second kappa shape index (κ2) is 6.53. The lowest BCUT2D eigenvalue weighted by Gasteiger charge is -2.22. The normalized spacial score (nSPS) is 24.6. The van der Waals surface area contributed by atoms with Gasteiger partial charge in [0, 0.05) is 19.2 Å². The molecule has 19 heavy (non-hydrogen) atoms. The van der Waals surface area contributed by atoms with E-state index in [-0.39, 0.29) is 0 Å². The van der Waals surface area contributed by atoms with Crippen molar-refractivity contribution in [3.8, 4) is 0 Å². The van der Waals surface area contributed by atoms with Gasteiger partial charge in [0.25, 0.3) is 0 Å². The van der Waals surface area contributed by atoms with E-state index in [1.165, 1.54) is 23.1 Å². The summed E-state index contributed by atoms with van der Waals surface area (Å²) in [7, 11) is 0.